The standard InChI is InChI=1S/C31H27N2O2.C19H26NSi.Ir/c1-19(2)21-11-9-12-22(20(3)4)29(21)33-25-15-6-5-14-24(25)32-31(33)23-13-10-18-28-30(23)35-27-17-8-7-16-26(27)34-28;1-19(2,3)13-16-12-17(15-10-8-7-9-11-15)20-14-18(16)21(4,5)6;/h5-12,14-20H,1-4H3;7-10,12,14H,13H2,1-6H3;/q2*-1;/i;13D2;. The Morgan fingerprint density at radius 1 is 0.754 bits per heavy atom. The second-order valence-corrected chi connectivity index (χ2v) is 22.1. The minimum atomic E-state index is -1.70. The Bertz CT molecular complexity index is 2560. The van der Waals surface area contributed by atoms with Crippen molar-refractivity contribution in [2.45, 2.75) is 86.3 Å². The predicted molar refractivity (Wildman–Crippen MR) is 235 cm³/mol. The first-order chi connectivity index (χ1) is 27.5. The second kappa shape index (κ2) is 17.0. The van der Waals surface area contributed by atoms with E-state index in [1.165, 1.54) is 16.8 Å². The zero-order chi connectivity index (χ0) is 41.6. The third-order valence-corrected chi connectivity index (χ3v) is 11.8. The van der Waals surface area contributed by atoms with Gasteiger partial charge in [-0.25, -0.2) is 0 Å². The largest absolute Gasteiger partial charge is 0.494 e. The topological polar surface area (TPSA) is 49.2 Å². The molecular weight excluding hydrogens is 895 g/mol. The molecule has 0 saturated carbocycles. The number of benzene rings is 5. The first-order valence-corrected chi connectivity index (χ1v) is 23.1. The molecule has 0 saturated heterocycles. The molecule has 0 fully saturated rings. The van der Waals surface area contributed by atoms with Crippen LogP contribution in [0.25, 0.3) is 39.4 Å². The van der Waals surface area contributed by atoms with E-state index < -0.39 is 19.9 Å². The van der Waals surface area contributed by atoms with Gasteiger partial charge in [-0.15, -0.1) is 48.0 Å². The van der Waals surface area contributed by atoms with Gasteiger partial charge < -0.3 is 19.0 Å². The zero-order valence-corrected chi connectivity index (χ0v) is 38.0. The van der Waals surface area contributed by atoms with Crippen molar-refractivity contribution in [2.24, 2.45) is 5.41 Å². The Kier molecular flexibility index (Phi) is 11.6. The molecule has 295 valence electrons. The molecule has 5 aromatic carbocycles. The van der Waals surface area contributed by atoms with Gasteiger partial charge in [0, 0.05) is 34.7 Å². The van der Waals surface area contributed by atoms with Crippen molar-refractivity contribution in [2.75, 3.05) is 0 Å². The Labute approximate surface area is 356 Å². The van der Waals surface area contributed by atoms with Crippen LogP contribution in [0.15, 0.2) is 115 Å². The average Bonchev–Trinajstić information content (AvgIpc) is 3.58. The first kappa shape index (κ1) is 39.0. The molecule has 7 aromatic rings. The fourth-order valence-electron chi connectivity index (χ4n) is 7.11. The smallest absolute Gasteiger partial charge is 0.166 e. The maximum atomic E-state index is 8.75. The van der Waals surface area contributed by atoms with Gasteiger partial charge in [0.25, 0.3) is 0 Å². The summed E-state index contributed by atoms with van der Waals surface area (Å²) in [6, 6.07) is 42.7. The van der Waals surface area contributed by atoms with Crippen LogP contribution < -0.4 is 14.7 Å². The number of hydrogen-bond donors (Lipinski definition) is 0. The van der Waals surface area contributed by atoms with Gasteiger partial charge >= 0.3 is 0 Å². The number of rotatable bonds is 7. The molecule has 0 bridgehead atoms. The summed E-state index contributed by atoms with van der Waals surface area (Å²) in [6.45, 7) is 21.5. The van der Waals surface area contributed by atoms with Crippen molar-refractivity contribution in [3.05, 3.63) is 144 Å². The van der Waals surface area contributed by atoms with Crippen LogP contribution >= 0.6 is 0 Å². The van der Waals surface area contributed by atoms with Crippen molar-refractivity contribution in [1.82, 2.24) is 14.5 Å². The third kappa shape index (κ3) is 9.02. The zero-order valence-electron chi connectivity index (χ0n) is 36.6. The number of fused-ring (bicyclic) bond motifs is 3. The fraction of sp³-hybridized carbons (Fsp3) is 0.280. The summed E-state index contributed by atoms with van der Waals surface area (Å²) in [4.78, 5) is 9.73. The van der Waals surface area contributed by atoms with E-state index in [1.54, 1.807) is 0 Å². The quantitative estimate of drug-likeness (QED) is 0.118. The van der Waals surface area contributed by atoms with Crippen LogP contribution in [0.4, 0.5) is 0 Å². The van der Waals surface area contributed by atoms with E-state index in [4.69, 9.17) is 17.2 Å². The van der Waals surface area contributed by atoms with Crippen molar-refractivity contribution >= 4 is 24.3 Å². The number of pyridine rings is 1. The molecule has 0 atom stereocenters. The first-order valence-electron chi connectivity index (χ1n) is 20.6. The van der Waals surface area contributed by atoms with Crippen LogP contribution in [0.5, 0.6) is 23.0 Å². The predicted octanol–water partition coefficient (Wildman–Crippen LogP) is 13.3. The van der Waals surface area contributed by atoms with Crippen LogP contribution in [0.3, 0.4) is 0 Å². The number of para-hydroxylation sites is 5. The maximum absolute atomic E-state index is 8.75. The molecule has 1 aliphatic heterocycles. The Hall–Kier alpha value is -4.81. The summed E-state index contributed by atoms with van der Waals surface area (Å²) in [5.41, 5.74) is 8.51. The summed E-state index contributed by atoms with van der Waals surface area (Å²) in [5, 5.41) is 1.09. The fourth-order valence-corrected chi connectivity index (χ4v) is 8.51. The molecule has 0 spiro atoms. The number of nitrogens with zero attached hydrogens (tertiary/aromatic N) is 3. The van der Waals surface area contributed by atoms with Crippen molar-refractivity contribution < 1.29 is 32.3 Å². The monoisotopic (exact) mass is 950 g/mol. The summed E-state index contributed by atoms with van der Waals surface area (Å²) < 4.78 is 32.4. The van der Waals surface area contributed by atoms with E-state index in [0.29, 0.717) is 34.8 Å². The number of hydrogen-bond acceptors (Lipinski definition) is 4. The number of imidazole rings is 1. The van der Waals surface area contributed by atoms with Crippen molar-refractivity contribution in [3.63, 3.8) is 0 Å². The Morgan fingerprint density at radius 2 is 1.40 bits per heavy atom. The minimum absolute atomic E-state index is 0. The molecule has 1 aliphatic rings. The van der Waals surface area contributed by atoms with Gasteiger partial charge in [0.15, 0.2) is 11.5 Å². The SMILES string of the molecule is CC(C)c1cccc(C(C)C)c1-n1c(-c2[c-]ccc3c2Oc2ccccc2O3)nc2ccccc21.[2H]C([2H])(c1cc(-c2[c-]cccc2)ncc1[Si](C)(C)C)C(C)(C)C.[Ir]. The maximum Gasteiger partial charge on any atom is 0.166 e. The summed E-state index contributed by atoms with van der Waals surface area (Å²) >= 11 is 0. The normalized spacial score (nSPS) is 13.0. The molecule has 1 radical (unpaired) electrons. The number of aromatic nitrogens is 3. The molecule has 3 heterocycles. The van der Waals surface area contributed by atoms with Gasteiger partial charge in [-0.1, -0.05) is 134 Å². The molecule has 57 heavy (non-hydrogen) atoms. The van der Waals surface area contributed by atoms with Crippen LogP contribution in [0, 0.1) is 17.5 Å². The molecular formula is C50H53IrN3O2Si-2. The van der Waals surface area contributed by atoms with E-state index in [9.17, 15) is 0 Å². The summed E-state index contributed by atoms with van der Waals surface area (Å²) in [7, 11) is -1.70. The number of ether oxygens (including phenoxy) is 2. The third-order valence-electron chi connectivity index (χ3n) is 9.75. The van der Waals surface area contributed by atoms with Crippen LogP contribution in [0.2, 0.25) is 19.6 Å². The van der Waals surface area contributed by atoms with Gasteiger partial charge in [0.2, 0.25) is 0 Å². The van der Waals surface area contributed by atoms with E-state index in [1.807, 2.05) is 99.8 Å². The molecule has 0 aliphatic carbocycles. The summed E-state index contributed by atoms with van der Waals surface area (Å²) in [5.74, 6) is 4.18. The summed E-state index contributed by atoms with van der Waals surface area (Å²) in [6.07, 6.45) is 0.469. The van der Waals surface area contributed by atoms with Crippen molar-refractivity contribution in [1.29, 1.82) is 0 Å². The molecule has 0 N–H and O–H groups in total. The molecule has 5 nitrogen and oxygen atoms in total. The van der Waals surface area contributed by atoms with Crippen molar-refractivity contribution in [3.8, 4) is 51.3 Å². The van der Waals surface area contributed by atoms with E-state index in [-0.39, 0.29) is 20.1 Å². The molecule has 2 aromatic heterocycles. The van der Waals surface area contributed by atoms with Gasteiger partial charge in [-0.3, -0.25) is 4.98 Å². The Balaban J connectivity index is 0.000000213. The molecule has 0 unspecified atom stereocenters. The second-order valence-electron chi connectivity index (χ2n) is 17.1. The molecule has 0 amide bonds. The van der Waals surface area contributed by atoms with E-state index in [2.05, 4.69) is 105 Å². The van der Waals surface area contributed by atoms with Gasteiger partial charge in [0.05, 0.1) is 36.4 Å². The van der Waals surface area contributed by atoms with Crippen LogP contribution in [-0.2, 0) is 26.5 Å². The van der Waals surface area contributed by atoms with E-state index >= 15 is 0 Å². The Morgan fingerprint density at radius 3 is 2.04 bits per heavy atom. The van der Waals surface area contributed by atoms with Crippen LogP contribution in [0.1, 0.15) is 79.7 Å². The van der Waals surface area contributed by atoms with Gasteiger partial charge in [-0.05, 0) is 69.9 Å². The average molecular weight is 950 g/mol. The van der Waals surface area contributed by atoms with E-state index in [0.717, 1.165) is 44.4 Å². The minimum Gasteiger partial charge on any atom is -0.494 e. The van der Waals surface area contributed by atoms with Gasteiger partial charge in [-0.2, -0.15) is 0 Å². The molecule has 8 rings (SSSR count). The molecule has 7 heteroatoms. The van der Waals surface area contributed by atoms with Gasteiger partial charge in [0.1, 0.15) is 0 Å². The van der Waals surface area contributed by atoms with Crippen LogP contribution in [-0.4, -0.2) is 22.6 Å².